The van der Waals surface area contributed by atoms with Crippen LogP contribution >= 0.6 is 0 Å². The molecule has 0 bridgehead atoms. The molecule has 1 fully saturated rings. The van der Waals surface area contributed by atoms with E-state index in [4.69, 9.17) is 9.47 Å². The van der Waals surface area contributed by atoms with E-state index >= 15 is 0 Å². The molecule has 0 spiro atoms. The number of rotatable bonds is 4. The van der Waals surface area contributed by atoms with Gasteiger partial charge in [-0.2, -0.15) is 0 Å². The third-order valence-electron chi connectivity index (χ3n) is 5.30. The molecule has 0 saturated carbocycles. The van der Waals surface area contributed by atoms with Crippen LogP contribution in [0, 0.1) is 0 Å². The molecule has 0 N–H and O–H groups in total. The maximum Gasteiger partial charge on any atom is 0.213 e. The van der Waals surface area contributed by atoms with Gasteiger partial charge in [0.2, 0.25) is 5.79 Å². The summed E-state index contributed by atoms with van der Waals surface area (Å²) >= 11 is 0. The van der Waals surface area contributed by atoms with Crippen LogP contribution in [0.15, 0.2) is 67.3 Å². The Bertz CT molecular complexity index is 909. The van der Waals surface area contributed by atoms with Crippen LogP contribution in [0.4, 0.5) is 0 Å². The molecule has 2 atom stereocenters. The Labute approximate surface area is 167 Å². The normalized spacial score (nSPS) is 22.5. The van der Waals surface area contributed by atoms with E-state index in [2.05, 4.69) is 74.3 Å². The molecule has 0 aliphatic carbocycles. The minimum atomic E-state index is -0.769. The van der Waals surface area contributed by atoms with E-state index in [9.17, 15) is 0 Å². The second-order valence-electron chi connectivity index (χ2n) is 8.63. The summed E-state index contributed by atoms with van der Waals surface area (Å²) in [5.41, 5.74) is 4.93. The first-order chi connectivity index (χ1) is 13.4. The third-order valence-corrected chi connectivity index (χ3v) is 5.30. The van der Waals surface area contributed by atoms with Gasteiger partial charge in [0, 0.05) is 18.0 Å². The highest BCUT2D eigenvalue weighted by atomic mass is 16.7. The van der Waals surface area contributed by atoms with E-state index in [-0.39, 0.29) is 11.5 Å². The van der Waals surface area contributed by atoms with Crippen molar-refractivity contribution in [1.29, 1.82) is 0 Å². The lowest BCUT2D eigenvalue weighted by atomic mass is 9.86. The van der Waals surface area contributed by atoms with Crippen molar-refractivity contribution in [3.63, 3.8) is 0 Å². The highest BCUT2D eigenvalue weighted by molar-refractivity contribution is 5.64. The van der Waals surface area contributed by atoms with Crippen LogP contribution < -0.4 is 0 Å². The Kier molecular flexibility index (Phi) is 4.86. The molecule has 2 heterocycles. The number of aromatic nitrogens is 2. The first-order valence-electron chi connectivity index (χ1n) is 9.85. The van der Waals surface area contributed by atoms with Gasteiger partial charge in [-0.15, -0.1) is 0 Å². The molecular formula is C24H28N2O2. The fourth-order valence-electron chi connectivity index (χ4n) is 3.67. The van der Waals surface area contributed by atoms with Crippen LogP contribution in [-0.2, 0) is 27.2 Å². The summed E-state index contributed by atoms with van der Waals surface area (Å²) in [4.78, 5) is 4.14. The minimum Gasteiger partial charge on any atom is -0.342 e. The molecule has 146 valence electrons. The monoisotopic (exact) mass is 376 g/mol. The van der Waals surface area contributed by atoms with Gasteiger partial charge in [-0.05, 0) is 29.0 Å². The van der Waals surface area contributed by atoms with Crippen LogP contribution in [0.25, 0.3) is 11.1 Å². The molecule has 1 aliphatic heterocycles. The number of nitrogens with zero attached hydrogens (tertiary/aromatic N) is 2. The minimum absolute atomic E-state index is 0.0631. The number of hydrogen-bond acceptors (Lipinski definition) is 3. The number of ether oxygens (including phenoxy) is 2. The van der Waals surface area contributed by atoms with Gasteiger partial charge in [0.25, 0.3) is 0 Å². The lowest BCUT2D eigenvalue weighted by Crippen LogP contribution is -2.33. The Morgan fingerprint density at radius 2 is 1.68 bits per heavy atom. The topological polar surface area (TPSA) is 36.3 Å². The maximum absolute atomic E-state index is 6.24. The van der Waals surface area contributed by atoms with Gasteiger partial charge in [-0.3, -0.25) is 0 Å². The molecule has 1 aromatic heterocycles. The molecule has 1 aliphatic rings. The highest BCUT2D eigenvalue weighted by Gasteiger charge is 2.42. The second kappa shape index (κ2) is 7.19. The second-order valence-corrected chi connectivity index (χ2v) is 8.63. The molecule has 0 amide bonds. The van der Waals surface area contributed by atoms with Crippen LogP contribution in [0.3, 0.4) is 0 Å². The van der Waals surface area contributed by atoms with Crippen LogP contribution in [0.5, 0.6) is 0 Å². The number of benzene rings is 2. The van der Waals surface area contributed by atoms with Gasteiger partial charge in [0.1, 0.15) is 0 Å². The predicted molar refractivity (Wildman–Crippen MR) is 111 cm³/mol. The lowest BCUT2D eigenvalue weighted by molar-refractivity contribution is -0.185. The van der Waals surface area contributed by atoms with E-state index in [0.717, 1.165) is 5.56 Å². The third kappa shape index (κ3) is 3.75. The molecule has 28 heavy (non-hydrogen) atoms. The van der Waals surface area contributed by atoms with Gasteiger partial charge < -0.3 is 14.0 Å². The largest absolute Gasteiger partial charge is 0.342 e. The SMILES string of the molecule is CC1COC(Cn2ccnc2)(c2ccc(-c3ccc(C(C)(C)C)cc3)cc2)O1. The van der Waals surface area contributed by atoms with Crippen molar-refractivity contribution in [2.45, 2.75) is 51.5 Å². The van der Waals surface area contributed by atoms with Crippen molar-refractivity contribution in [3.8, 4) is 11.1 Å². The Balaban J connectivity index is 1.60. The fourth-order valence-corrected chi connectivity index (χ4v) is 3.67. The molecule has 4 nitrogen and oxygen atoms in total. The quantitative estimate of drug-likeness (QED) is 0.633. The molecule has 4 rings (SSSR count). The summed E-state index contributed by atoms with van der Waals surface area (Å²) in [6.07, 6.45) is 5.56. The Hall–Kier alpha value is -2.43. The van der Waals surface area contributed by atoms with E-state index in [1.807, 2.05) is 17.7 Å². The van der Waals surface area contributed by atoms with E-state index in [0.29, 0.717) is 13.2 Å². The predicted octanol–water partition coefficient (Wildman–Crippen LogP) is 5.14. The summed E-state index contributed by atoms with van der Waals surface area (Å²) in [5.74, 6) is -0.769. The van der Waals surface area contributed by atoms with Gasteiger partial charge in [0.15, 0.2) is 0 Å². The summed E-state index contributed by atoms with van der Waals surface area (Å²) in [5, 5.41) is 0. The highest BCUT2D eigenvalue weighted by Crippen LogP contribution is 2.37. The smallest absolute Gasteiger partial charge is 0.213 e. The van der Waals surface area contributed by atoms with E-state index < -0.39 is 5.79 Å². The van der Waals surface area contributed by atoms with E-state index in [1.54, 1.807) is 12.5 Å². The lowest BCUT2D eigenvalue weighted by Gasteiger charge is -2.29. The average Bonchev–Trinajstić information content (AvgIpc) is 3.32. The zero-order chi connectivity index (χ0) is 19.8. The molecule has 4 heteroatoms. The van der Waals surface area contributed by atoms with Crippen LogP contribution in [0.1, 0.15) is 38.8 Å². The van der Waals surface area contributed by atoms with Crippen molar-refractivity contribution < 1.29 is 9.47 Å². The molecule has 1 saturated heterocycles. The van der Waals surface area contributed by atoms with Crippen molar-refractivity contribution in [1.82, 2.24) is 9.55 Å². The molecular weight excluding hydrogens is 348 g/mol. The van der Waals surface area contributed by atoms with Crippen molar-refractivity contribution in [2.75, 3.05) is 6.61 Å². The first kappa shape index (κ1) is 18.9. The van der Waals surface area contributed by atoms with E-state index in [1.165, 1.54) is 16.7 Å². The fraction of sp³-hybridized carbons (Fsp3) is 0.375. The van der Waals surface area contributed by atoms with Gasteiger partial charge >= 0.3 is 0 Å². The van der Waals surface area contributed by atoms with Crippen molar-refractivity contribution >= 4 is 0 Å². The maximum atomic E-state index is 6.24. The zero-order valence-electron chi connectivity index (χ0n) is 17.1. The number of imidazole rings is 1. The van der Waals surface area contributed by atoms with Crippen LogP contribution in [-0.4, -0.2) is 22.3 Å². The average molecular weight is 377 g/mol. The molecule has 0 radical (unpaired) electrons. The molecule has 3 aromatic rings. The van der Waals surface area contributed by atoms with Gasteiger partial charge in [-0.25, -0.2) is 4.98 Å². The summed E-state index contributed by atoms with van der Waals surface area (Å²) in [6.45, 7) is 9.92. The summed E-state index contributed by atoms with van der Waals surface area (Å²) in [7, 11) is 0. The van der Waals surface area contributed by atoms with Gasteiger partial charge in [0.05, 0.1) is 25.6 Å². The van der Waals surface area contributed by atoms with Gasteiger partial charge in [-0.1, -0.05) is 69.3 Å². The Morgan fingerprint density at radius 1 is 1.04 bits per heavy atom. The molecule has 2 aromatic carbocycles. The van der Waals surface area contributed by atoms with Crippen molar-refractivity contribution in [3.05, 3.63) is 78.4 Å². The Morgan fingerprint density at radius 3 is 2.18 bits per heavy atom. The summed E-state index contributed by atoms with van der Waals surface area (Å²) in [6, 6.07) is 17.3. The first-order valence-corrected chi connectivity index (χ1v) is 9.85. The van der Waals surface area contributed by atoms with Crippen molar-refractivity contribution in [2.24, 2.45) is 0 Å². The molecule has 2 unspecified atom stereocenters. The summed E-state index contributed by atoms with van der Waals surface area (Å²) < 4.78 is 14.4. The zero-order valence-corrected chi connectivity index (χ0v) is 17.1. The number of hydrogen-bond donors (Lipinski definition) is 0. The standard InChI is InChI=1S/C24H28N2O2/c1-18-15-27-24(28-18,16-26-14-13-25-17-26)22-11-7-20(8-12-22)19-5-9-21(10-6-19)23(2,3)4/h5-14,17-18H,15-16H2,1-4H3. The van der Waals surface area contributed by atoms with Crippen LogP contribution in [0.2, 0.25) is 0 Å².